The van der Waals surface area contributed by atoms with Crippen LogP contribution in [0.3, 0.4) is 0 Å². The van der Waals surface area contributed by atoms with Gasteiger partial charge in [-0.3, -0.25) is 14.4 Å². The molecule has 1 aliphatic heterocycles. The van der Waals surface area contributed by atoms with Crippen molar-refractivity contribution < 1.29 is 47.6 Å². The molecule has 0 saturated carbocycles. The molecule has 1 aliphatic rings. The summed E-state index contributed by atoms with van der Waals surface area (Å²) < 4.78 is 38.4. The van der Waals surface area contributed by atoms with Crippen molar-refractivity contribution >= 4 is 41.1 Å². The largest absolute Gasteiger partial charge is 0.484 e. The summed E-state index contributed by atoms with van der Waals surface area (Å²) in [6.45, 7) is 4.51. The number of amides is 3. The molecule has 4 aromatic carbocycles. The minimum absolute atomic E-state index is 0.162. The van der Waals surface area contributed by atoms with Crippen molar-refractivity contribution in [3.8, 4) is 5.75 Å². The number of hydrogen-bond donors (Lipinski definition) is 4. The molecule has 0 aliphatic carbocycles. The number of carboxylic acid groups (broad SMARTS) is 1. The number of aliphatic hydroxyl groups is 1. The van der Waals surface area contributed by atoms with Crippen molar-refractivity contribution in [2.45, 2.75) is 55.9 Å². The first kappa shape index (κ1) is 39.9. The molecule has 1 saturated heterocycles. The lowest BCUT2D eigenvalue weighted by atomic mass is 9.92. The lowest BCUT2D eigenvalue weighted by molar-refractivity contribution is -0.145. The van der Waals surface area contributed by atoms with E-state index in [0.29, 0.717) is 28.1 Å². The fourth-order valence-electron chi connectivity index (χ4n) is 5.64. The number of carboxylic acids is 1. The van der Waals surface area contributed by atoms with Crippen LogP contribution in [0.4, 0.5) is 14.5 Å². The van der Waals surface area contributed by atoms with Crippen molar-refractivity contribution in [2.24, 2.45) is 0 Å². The summed E-state index contributed by atoms with van der Waals surface area (Å²) in [5, 5.41) is 24.9. The van der Waals surface area contributed by atoms with Crippen LogP contribution in [0.2, 0.25) is 0 Å². The first-order valence-corrected chi connectivity index (χ1v) is 18.1. The second-order valence-corrected chi connectivity index (χ2v) is 14.7. The summed E-state index contributed by atoms with van der Waals surface area (Å²) in [6, 6.07) is 23.0. The van der Waals surface area contributed by atoms with Gasteiger partial charge < -0.3 is 35.2 Å². The van der Waals surface area contributed by atoms with E-state index in [1.54, 1.807) is 80.3 Å². The molecule has 0 bridgehead atoms. The van der Waals surface area contributed by atoms with Gasteiger partial charge in [-0.25, -0.2) is 13.6 Å². The number of rotatable bonds is 16. The summed E-state index contributed by atoms with van der Waals surface area (Å²) in [4.78, 5) is 53.3. The molecular weight excluding hydrogens is 721 g/mol. The van der Waals surface area contributed by atoms with Crippen molar-refractivity contribution in [1.82, 2.24) is 10.6 Å². The monoisotopic (exact) mass is 761 g/mol. The van der Waals surface area contributed by atoms with Gasteiger partial charge in [-0.1, -0.05) is 54.6 Å². The molecule has 1 heterocycles. The highest BCUT2D eigenvalue weighted by atomic mass is 32.2. The number of aliphatic hydroxyl groups excluding tert-OH is 1. The zero-order valence-electron chi connectivity index (χ0n) is 29.8. The quantitative estimate of drug-likeness (QED) is 0.108. The highest BCUT2D eigenvalue weighted by Crippen LogP contribution is 2.46. The number of ether oxygens (including phenoxy) is 2. The first-order valence-electron chi connectivity index (χ1n) is 17.1. The lowest BCUT2D eigenvalue weighted by Gasteiger charge is -2.47. The number of nitrogens with zero attached hydrogens (tertiary/aromatic N) is 1. The summed E-state index contributed by atoms with van der Waals surface area (Å²) >= 11 is 1.25. The molecule has 3 amide bonds. The van der Waals surface area contributed by atoms with E-state index in [4.69, 9.17) is 9.47 Å². The maximum absolute atomic E-state index is 13.7. The van der Waals surface area contributed by atoms with E-state index in [1.807, 2.05) is 0 Å². The highest BCUT2D eigenvalue weighted by Gasteiger charge is 2.49. The number of halogens is 2. The molecule has 0 aromatic heterocycles. The average Bonchev–Trinajstić information content (AvgIpc) is 3.14. The van der Waals surface area contributed by atoms with Crippen LogP contribution in [-0.4, -0.2) is 69.8 Å². The predicted molar refractivity (Wildman–Crippen MR) is 199 cm³/mol. The normalized spacial score (nSPS) is 17.1. The number of benzene rings is 4. The first-order chi connectivity index (χ1) is 25.7. The number of hydrogen-bond acceptors (Lipinski definition) is 8. The second kappa shape index (κ2) is 17.7. The zero-order chi connectivity index (χ0) is 39.0. The third-order valence-electron chi connectivity index (χ3n) is 8.43. The number of carbonyl (C=O) groups is 4. The minimum Gasteiger partial charge on any atom is -0.484 e. The Morgan fingerprint density at radius 1 is 0.852 bits per heavy atom. The topological polar surface area (TPSA) is 154 Å². The molecule has 0 radical (unpaired) electrons. The van der Waals surface area contributed by atoms with Gasteiger partial charge in [0.2, 0.25) is 11.8 Å². The Labute approximate surface area is 315 Å². The van der Waals surface area contributed by atoms with Gasteiger partial charge in [-0.05, 0) is 86.0 Å². The third kappa shape index (κ3) is 10.4. The Morgan fingerprint density at radius 3 is 2.06 bits per heavy atom. The molecule has 11 nitrogen and oxygen atoms in total. The molecule has 0 spiro atoms. The van der Waals surface area contributed by atoms with Crippen LogP contribution in [0.5, 0.6) is 5.75 Å². The van der Waals surface area contributed by atoms with Crippen molar-refractivity contribution in [3.05, 3.63) is 131 Å². The van der Waals surface area contributed by atoms with Gasteiger partial charge in [0.1, 0.15) is 28.7 Å². The number of carbonyl (C=O) groups excluding carboxylic acids is 3. The van der Waals surface area contributed by atoms with E-state index in [9.17, 15) is 38.2 Å². The van der Waals surface area contributed by atoms with Crippen LogP contribution in [0.15, 0.2) is 103 Å². The molecule has 284 valence electrons. The summed E-state index contributed by atoms with van der Waals surface area (Å²) in [5.41, 5.74) is 1.50. The minimum atomic E-state index is -1.36. The van der Waals surface area contributed by atoms with Crippen LogP contribution in [0.25, 0.3) is 0 Å². The van der Waals surface area contributed by atoms with Crippen LogP contribution in [-0.2, 0) is 23.9 Å². The molecule has 5 atom stereocenters. The SMILES string of the molecule is CC(C)(C)OC[C@H](NC(=O)[C@H](NC(=O)COc1ccc([C@@H]2[C@@H](SCC(O)c3ccc(F)cc3)C(=O)N2c2ccc(F)cc2)cc1)c1ccccc1)C(=O)O. The van der Waals surface area contributed by atoms with Crippen LogP contribution in [0.1, 0.15) is 55.6 Å². The fourth-order valence-corrected chi connectivity index (χ4v) is 6.94. The Balaban J connectivity index is 1.25. The number of anilines is 1. The molecule has 4 N–H and O–H groups in total. The second-order valence-electron chi connectivity index (χ2n) is 13.5. The highest BCUT2D eigenvalue weighted by molar-refractivity contribution is 8.00. The Morgan fingerprint density at radius 2 is 1.46 bits per heavy atom. The van der Waals surface area contributed by atoms with E-state index in [2.05, 4.69) is 10.6 Å². The summed E-state index contributed by atoms with van der Waals surface area (Å²) in [7, 11) is 0. The maximum Gasteiger partial charge on any atom is 0.328 e. The van der Waals surface area contributed by atoms with E-state index < -0.39 is 71.1 Å². The number of thioether (sulfide) groups is 1. The Hall–Kier alpha value is -5.31. The van der Waals surface area contributed by atoms with Gasteiger partial charge in [0, 0.05) is 11.4 Å². The Bertz CT molecular complexity index is 1910. The summed E-state index contributed by atoms with van der Waals surface area (Å²) in [5.74, 6) is -3.32. The van der Waals surface area contributed by atoms with Gasteiger partial charge in [-0.15, -0.1) is 11.8 Å². The van der Waals surface area contributed by atoms with E-state index >= 15 is 0 Å². The Kier molecular flexibility index (Phi) is 13.1. The number of aliphatic carboxylic acids is 1. The van der Waals surface area contributed by atoms with Gasteiger partial charge in [0.15, 0.2) is 12.6 Å². The van der Waals surface area contributed by atoms with E-state index in [0.717, 1.165) is 0 Å². The van der Waals surface area contributed by atoms with E-state index in [1.165, 1.54) is 60.3 Å². The predicted octanol–water partition coefficient (Wildman–Crippen LogP) is 5.51. The van der Waals surface area contributed by atoms with Gasteiger partial charge in [-0.2, -0.15) is 0 Å². The number of β-lactam (4-membered cyclic amide) rings is 1. The van der Waals surface area contributed by atoms with Gasteiger partial charge >= 0.3 is 5.97 Å². The smallest absolute Gasteiger partial charge is 0.328 e. The molecule has 1 fully saturated rings. The lowest BCUT2D eigenvalue weighted by Crippen LogP contribution is -2.57. The molecule has 14 heteroatoms. The average molecular weight is 762 g/mol. The van der Waals surface area contributed by atoms with Crippen LogP contribution in [0, 0.1) is 11.6 Å². The van der Waals surface area contributed by atoms with E-state index in [-0.39, 0.29) is 18.3 Å². The molecular formula is C40H41F2N3O8S. The maximum atomic E-state index is 13.7. The fraction of sp³-hybridized carbons (Fsp3) is 0.300. The molecule has 5 rings (SSSR count). The standard InChI is InChI=1S/C40H41F2N3O8S/c1-40(2,3)53-21-31(39(50)51)43-37(48)34(25-7-5-4-6-8-25)44-33(47)22-52-30-19-11-26(12-20-30)35-36(38(49)45(35)29-17-15-28(42)16-18-29)54-23-32(46)24-9-13-27(41)14-10-24/h4-20,31-32,34-36,46H,21-23H2,1-3H3,(H,43,48)(H,44,47)(H,50,51)/t31-,32?,34+,35+,36+/m0/s1. The third-order valence-corrected chi connectivity index (χ3v) is 9.76. The van der Waals surface area contributed by atoms with Crippen molar-refractivity contribution in [2.75, 3.05) is 23.9 Å². The number of nitrogens with one attached hydrogen (secondary N) is 2. The zero-order valence-corrected chi connectivity index (χ0v) is 30.6. The van der Waals surface area contributed by atoms with Crippen LogP contribution < -0.4 is 20.3 Å². The van der Waals surface area contributed by atoms with Crippen molar-refractivity contribution in [3.63, 3.8) is 0 Å². The van der Waals surface area contributed by atoms with Gasteiger partial charge in [0.05, 0.1) is 24.4 Å². The van der Waals surface area contributed by atoms with Crippen LogP contribution >= 0.6 is 11.8 Å². The molecule has 54 heavy (non-hydrogen) atoms. The molecule has 4 aromatic rings. The van der Waals surface area contributed by atoms with Crippen molar-refractivity contribution in [1.29, 1.82) is 0 Å². The van der Waals surface area contributed by atoms with Gasteiger partial charge in [0.25, 0.3) is 5.91 Å². The summed E-state index contributed by atoms with van der Waals surface area (Å²) in [6.07, 6.45) is -0.945. The molecule has 1 unspecified atom stereocenters.